The van der Waals surface area contributed by atoms with E-state index in [2.05, 4.69) is 11.4 Å². The summed E-state index contributed by atoms with van der Waals surface area (Å²) in [6.07, 6.45) is 2.22. The van der Waals surface area contributed by atoms with Gasteiger partial charge in [-0.15, -0.1) is 0 Å². The van der Waals surface area contributed by atoms with Crippen LogP contribution in [0, 0.1) is 0 Å². The summed E-state index contributed by atoms with van der Waals surface area (Å²) in [6.45, 7) is 0.491. The molecule has 0 aromatic heterocycles. The zero-order valence-electron chi connectivity index (χ0n) is 16.4. The number of nitrogens with one attached hydrogen (secondary N) is 1. The molecule has 6 nitrogen and oxygen atoms in total. The normalized spacial score (nSPS) is 16.9. The van der Waals surface area contributed by atoms with Crippen LogP contribution in [0.15, 0.2) is 42.5 Å². The largest absolute Gasteiger partial charge is 0.508 e. The van der Waals surface area contributed by atoms with Crippen LogP contribution >= 0.6 is 0 Å². The minimum atomic E-state index is -0.617. The van der Waals surface area contributed by atoms with Crippen molar-refractivity contribution in [1.82, 2.24) is 10.2 Å². The first kappa shape index (κ1) is 20.2. The lowest BCUT2D eigenvalue weighted by molar-refractivity contribution is -0.130. The number of phenols is 1. The fourth-order valence-electron chi connectivity index (χ4n) is 3.36. The Morgan fingerprint density at radius 2 is 1.96 bits per heavy atom. The van der Waals surface area contributed by atoms with Gasteiger partial charge in [0.1, 0.15) is 11.5 Å². The first-order valence-electron chi connectivity index (χ1n) is 9.57. The van der Waals surface area contributed by atoms with Gasteiger partial charge in [-0.1, -0.05) is 18.2 Å². The van der Waals surface area contributed by atoms with Crippen LogP contribution in [0.2, 0.25) is 0 Å². The highest BCUT2D eigenvalue weighted by atomic mass is 16.5. The van der Waals surface area contributed by atoms with Gasteiger partial charge in [0.05, 0.1) is 6.10 Å². The molecule has 2 aromatic carbocycles. The van der Waals surface area contributed by atoms with Gasteiger partial charge in [-0.3, -0.25) is 4.79 Å². The van der Waals surface area contributed by atoms with Crippen LogP contribution in [-0.4, -0.2) is 54.3 Å². The third-order valence-corrected chi connectivity index (χ3v) is 5.15. The number of hydrogen-bond acceptors (Lipinski definition) is 5. The first-order chi connectivity index (χ1) is 13.4. The Morgan fingerprint density at radius 1 is 1.21 bits per heavy atom. The number of nitrogens with zero attached hydrogens (tertiary/aromatic N) is 1. The summed E-state index contributed by atoms with van der Waals surface area (Å²) in [7, 11) is 3.42. The van der Waals surface area contributed by atoms with Gasteiger partial charge >= 0.3 is 0 Å². The quantitative estimate of drug-likeness (QED) is 0.681. The van der Waals surface area contributed by atoms with Crippen LogP contribution in [0.3, 0.4) is 0 Å². The second kappa shape index (κ2) is 9.08. The fraction of sp³-hybridized carbons (Fsp3) is 0.409. The van der Waals surface area contributed by atoms with E-state index >= 15 is 0 Å². The van der Waals surface area contributed by atoms with Crippen molar-refractivity contribution in [2.75, 3.05) is 27.2 Å². The Kier molecular flexibility index (Phi) is 6.54. The van der Waals surface area contributed by atoms with Gasteiger partial charge in [0, 0.05) is 26.7 Å². The molecule has 0 spiro atoms. The lowest BCUT2D eigenvalue weighted by Gasteiger charge is -2.27. The van der Waals surface area contributed by atoms with Crippen molar-refractivity contribution >= 4 is 5.91 Å². The lowest BCUT2D eigenvalue weighted by atomic mass is 9.88. The van der Waals surface area contributed by atoms with Crippen molar-refractivity contribution in [2.24, 2.45) is 0 Å². The average molecular weight is 384 g/mol. The van der Waals surface area contributed by atoms with Crippen molar-refractivity contribution in [3.8, 4) is 11.5 Å². The van der Waals surface area contributed by atoms with Crippen LogP contribution in [0.1, 0.15) is 29.2 Å². The van der Waals surface area contributed by atoms with Crippen molar-refractivity contribution in [1.29, 1.82) is 0 Å². The van der Waals surface area contributed by atoms with E-state index in [4.69, 9.17) is 4.74 Å². The molecule has 3 rings (SSSR count). The number of aryl methyl sites for hydroxylation is 1. The molecule has 2 aromatic rings. The molecule has 1 amide bonds. The Balaban J connectivity index is 1.54. The van der Waals surface area contributed by atoms with Crippen LogP contribution in [-0.2, 0) is 17.6 Å². The minimum Gasteiger partial charge on any atom is -0.508 e. The van der Waals surface area contributed by atoms with Crippen molar-refractivity contribution in [2.45, 2.75) is 31.4 Å². The zero-order valence-corrected chi connectivity index (χ0v) is 16.4. The Hall–Kier alpha value is -2.57. The number of aromatic hydroxyl groups is 1. The number of aliphatic hydroxyl groups is 1. The average Bonchev–Trinajstić information content (AvgIpc) is 2.70. The third kappa shape index (κ3) is 5.24. The molecule has 6 heteroatoms. The second-order valence-corrected chi connectivity index (χ2v) is 7.46. The summed E-state index contributed by atoms with van der Waals surface area (Å²) in [5.74, 6) is 0.831. The van der Waals surface area contributed by atoms with E-state index in [-0.39, 0.29) is 24.3 Å². The number of fused-ring (bicyclic) bond motifs is 1. The number of benzene rings is 2. The number of likely N-dealkylation sites (N-methyl/N-ethyl adjacent to an activating group) is 1. The van der Waals surface area contributed by atoms with Crippen LogP contribution in [0.4, 0.5) is 0 Å². The molecule has 0 saturated heterocycles. The summed E-state index contributed by atoms with van der Waals surface area (Å²) in [5.41, 5.74) is 3.31. The number of carbonyl (C=O) groups excluding carboxylic acids is 1. The highest BCUT2D eigenvalue weighted by Crippen LogP contribution is 2.26. The van der Waals surface area contributed by atoms with Crippen molar-refractivity contribution in [3.63, 3.8) is 0 Å². The van der Waals surface area contributed by atoms with E-state index in [1.54, 1.807) is 38.4 Å². The first-order valence-corrected chi connectivity index (χ1v) is 9.57. The van der Waals surface area contributed by atoms with Gasteiger partial charge in [0.2, 0.25) is 0 Å². The molecule has 1 unspecified atom stereocenters. The monoisotopic (exact) mass is 384 g/mol. The second-order valence-electron chi connectivity index (χ2n) is 7.46. The number of aliphatic hydroxyl groups excluding tert-OH is 1. The zero-order chi connectivity index (χ0) is 20.1. The van der Waals surface area contributed by atoms with Crippen molar-refractivity contribution in [3.05, 3.63) is 59.2 Å². The molecule has 0 aliphatic heterocycles. The number of rotatable bonds is 7. The molecule has 0 fully saturated rings. The van der Waals surface area contributed by atoms with Gasteiger partial charge in [-0.25, -0.2) is 0 Å². The standard InChI is InChI=1S/C22H28N2O4/c1-24(2)22(27)14-28-20-10-6-15-3-7-18(11-17(15)12-20)23-13-21(26)16-4-8-19(25)9-5-16/h4-6,8-10,12,18,21,23,25-26H,3,7,11,13-14H2,1-2H3/t18?,21-/m1/s1. The molecular formula is C22H28N2O4. The van der Waals surface area contributed by atoms with Gasteiger partial charge in [-0.05, 0) is 60.2 Å². The van der Waals surface area contributed by atoms with E-state index in [0.29, 0.717) is 12.3 Å². The van der Waals surface area contributed by atoms with Crippen LogP contribution < -0.4 is 10.1 Å². The predicted molar refractivity (Wildman–Crippen MR) is 108 cm³/mol. The summed E-state index contributed by atoms with van der Waals surface area (Å²) in [6, 6.07) is 12.9. The topological polar surface area (TPSA) is 82.0 Å². The van der Waals surface area contributed by atoms with E-state index in [0.717, 1.165) is 24.8 Å². The molecule has 0 saturated carbocycles. The molecule has 0 radical (unpaired) electrons. The fourth-order valence-corrected chi connectivity index (χ4v) is 3.36. The molecule has 1 aliphatic rings. The summed E-state index contributed by atoms with van der Waals surface area (Å²) < 4.78 is 5.62. The van der Waals surface area contributed by atoms with Crippen molar-refractivity contribution < 1.29 is 19.7 Å². The number of phenolic OH excluding ortho intramolecular Hbond substituents is 1. The molecule has 2 atom stereocenters. The highest BCUT2D eigenvalue weighted by Gasteiger charge is 2.20. The smallest absolute Gasteiger partial charge is 0.259 e. The maximum atomic E-state index is 11.7. The summed E-state index contributed by atoms with van der Waals surface area (Å²) in [4.78, 5) is 13.2. The number of carbonyl (C=O) groups is 1. The molecular weight excluding hydrogens is 356 g/mol. The molecule has 0 heterocycles. The predicted octanol–water partition coefficient (Wildman–Crippen LogP) is 2.04. The maximum Gasteiger partial charge on any atom is 0.259 e. The maximum absolute atomic E-state index is 11.7. The number of ether oxygens (including phenoxy) is 1. The van der Waals surface area contributed by atoms with Gasteiger partial charge < -0.3 is 25.2 Å². The van der Waals surface area contributed by atoms with Crippen LogP contribution in [0.25, 0.3) is 0 Å². The Labute approximate surface area is 165 Å². The van der Waals surface area contributed by atoms with E-state index in [9.17, 15) is 15.0 Å². The molecule has 3 N–H and O–H groups in total. The third-order valence-electron chi connectivity index (χ3n) is 5.15. The highest BCUT2D eigenvalue weighted by molar-refractivity contribution is 5.77. The lowest BCUT2D eigenvalue weighted by Crippen LogP contribution is -2.37. The van der Waals surface area contributed by atoms with E-state index in [1.807, 2.05) is 12.1 Å². The number of amides is 1. The van der Waals surface area contributed by atoms with Gasteiger partial charge in [-0.2, -0.15) is 0 Å². The summed E-state index contributed by atoms with van der Waals surface area (Å²) in [5, 5.41) is 23.1. The van der Waals surface area contributed by atoms with Gasteiger partial charge in [0.15, 0.2) is 6.61 Å². The molecule has 0 bridgehead atoms. The van der Waals surface area contributed by atoms with E-state index in [1.165, 1.54) is 16.0 Å². The Morgan fingerprint density at radius 3 is 2.68 bits per heavy atom. The Bertz CT molecular complexity index is 805. The van der Waals surface area contributed by atoms with E-state index < -0.39 is 6.10 Å². The van der Waals surface area contributed by atoms with Crippen LogP contribution in [0.5, 0.6) is 11.5 Å². The molecule has 1 aliphatic carbocycles. The number of hydrogen-bond donors (Lipinski definition) is 3. The van der Waals surface area contributed by atoms with Gasteiger partial charge in [0.25, 0.3) is 5.91 Å². The minimum absolute atomic E-state index is 0.0340. The SMILES string of the molecule is CN(C)C(=O)COc1ccc2c(c1)CC(NC[C@@H](O)c1ccc(O)cc1)CC2. The molecule has 28 heavy (non-hydrogen) atoms. The molecule has 150 valence electrons. The summed E-state index contributed by atoms with van der Waals surface area (Å²) >= 11 is 0.